The summed E-state index contributed by atoms with van der Waals surface area (Å²) in [6.07, 6.45) is 1.05. The Labute approximate surface area is 85.0 Å². The van der Waals surface area contributed by atoms with Gasteiger partial charge in [0.1, 0.15) is 5.41 Å². The second-order valence-electron chi connectivity index (χ2n) is 3.95. The second kappa shape index (κ2) is 4.75. The van der Waals surface area contributed by atoms with Crippen LogP contribution in [0.3, 0.4) is 0 Å². The Morgan fingerprint density at radius 1 is 1.64 bits per heavy atom. The van der Waals surface area contributed by atoms with Crippen LogP contribution in [-0.2, 0) is 14.3 Å². The molecule has 1 unspecified atom stereocenters. The van der Waals surface area contributed by atoms with Gasteiger partial charge in [-0.3, -0.25) is 4.79 Å². The van der Waals surface area contributed by atoms with Gasteiger partial charge in [-0.1, -0.05) is 6.92 Å². The highest BCUT2D eigenvalue weighted by Gasteiger charge is 2.46. The fraction of sp³-hybridized carbons (Fsp3) is 0.900. The topological polar surface area (TPSA) is 47.6 Å². The summed E-state index contributed by atoms with van der Waals surface area (Å²) in [6.45, 7) is 5.81. The first-order valence-corrected chi connectivity index (χ1v) is 5.04. The van der Waals surface area contributed by atoms with E-state index in [-0.39, 0.29) is 5.97 Å². The molecule has 4 nitrogen and oxygen atoms in total. The zero-order chi connectivity index (χ0) is 10.6. The smallest absolute Gasteiger partial charge is 0.317 e. The summed E-state index contributed by atoms with van der Waals surface area (Å²) in [5, 5.41) is 3.31. The van der Waals surface area contributed by atoms with E-state index in [1.165, 1.54) is 7.11 Å². The lowest BCUT2D eigenvalue weighted by molar-refractivity contribution is -0.182. The number of hydrogen-bond donors (Lipinski definition) is 1. The van der Waals surface area contributed by atoms with E-state index >= 15 is 0 Å². The third kappa shape index (κ3) is 2.25. The Bertz CT molecular complexity index is 202. The lowest BCUT2D eigenvalue weighted by atomic mass is 9.85. The van der Waals surface area contributed by atoms with E-state index in [4.69, 9.17) is 9.47 Å². The fourth-order valence-electron chi connectivity index (χ4n) is 1.37. The quantitative estimate of drug-likeness (QED) is 0.660. The molecule has 0 amide bonds. The standard InChI is InChI=1S/C10H19NO3/c1-4-8(2)11-5-10(6-14-7-10)9(12)13-3/h8,11H,4-7H2,1-3H3. The van der Waals surface area contributed by atoms with Crippen molar-refractivity contribution in [3.63, 3.8) is 0 Å². The first-order chi connectivity index (χ1) is 6.64. The number of carbonyl (C=O) groups excluding carboxylic acids is 1. The van der Waals surface area contributed by atoms with Gasteiger partial charge in [-0.15, -0.1) is 0 Å². The molecule has 0 aromatic rings. The zero-order valence-electron chi connectivity index (χ0n) is 9.13. The minimum absolute atomic E-state index is 0.167. The molecule has 1 atom stereocenters. The summed E-state index contributed by atoms with van der Waals surface area (Å²) in [5.74, 6) is -0.167. The van der Waals surface area contributed by atoms with Crippen molar-refractivity contribution in [1.82, 2.24) is 5.32 Å². The zero-order valence-corrected chi connectivity index (χ0v) is 9.13. The molecule has 0 radical (unpaired) electrons. The van der Waals surface area contributed by atoms with Gasteiger partial charge in [0.25, 0.3) is 0 Å². The van der Waals surface area contributed by atoms with E-state index in [2.05, 4.69) is 19.2 Å². The predicted molar refractivity (Wildman–Crippen MR) is 53.0 cm³/mol. The van der Waals surface area contributed by atoms with E-state index in [0.29, 0.717) is 25.8 Å². The molecule has 0 aliphatic carbocycles. The van der Waals surface area contributed by atoms with Crippen LogP contribution in [0.25, 0.3) is 0 Å². The highest BCUT2D eigenvalue weighted by molar-refractivity contribution is 5.78. The maximum Gasteiger partial charge on any atom is 0.317 e. The molecule has 1 N–H and O–H groups in total. The van der Waals surface area contributed by atoms with Crippen LogP contribution in [0.15, 0.2) is 0 Å². The normalized spacial score (nSPS) is 21.1. The van der Waals surface area contributed by atoms with Crippen molar-refractivity contribution >= 4 is 5.97 Å². The van der Waals surface area contributed by atoms with Gasteiger partial charge in [0, 0.05) is 12.6 Å². The number of nitrogens with one attached hydrogen (secondary N) is 1. The number of esters is 1. The van der Waals surface area contributed by atoms with Crippen LogP contribution < -0.4 is 5.32 Å². The summed E-state index contributed by atoms with van der Waals surface area (Å²) in [7, 11) is 1.42. The average Bonchev–Trinajstić information content (AvgIpc) is 2.15. The average molecular weight is 201 g/mol. The number of rotatable bonds is 5. The monoisotopic (exact) mass is 201 g/mol. The van der Waals surface area contributed by atoms with E-state index < -0.39 is 5.41 Å². The van der Waals surface area contributed by atoms with Crippen molar-refractivity contribution in [3.8, 4) is 0 Å². The lowest BCUT2D eigenvalue weighted by Gasteiger charge is -2.39. The molecule has 1 fully saturated rings. The van der Waals surface area contributed by atoms with Crippen LogP contribution in [0, 0.1) is 5.41 Å². The van der Waals surface area contributed by atoms with Gasteiger partial charge in [-0.25, -0.2) is 0 Å². The van der Waals surface area contributed by atoms with E-state index in [0.717, 1.165) is 6.42 Å². The fourth-order valence-corrected chi connectivity index (χ4v) is 1.37. The molecular weight excluding hydrogens is 182 g/mol. The summed E-state index contributed by atoms with van der Waals surface area (Å²) in [4.78, 5) is 11.5. The molecule has 0 bridgehead atoms. The molecule has 1 heterocycles. The van der Waals surface area contributed by atoms with E-state index in [1.54, 1.807) is 0 Å². The van der Waals surface area contributed by atoms with Crippen molar-refractivity contribution in [1.29, 1.82) is 0 Å². The molecule has 1 saturated heterocycles. The molecule has 0 aromatic heterocycles. The van der Waals surface area contributed by atoms with Gasteiger partial charge < -0.3 is 14.8 Å². The van der Waals surface area contributed by atoms with Gasteiger partial charge >= 0.3 is 5.97 Å². The lowest BCUT2D eigenvalue weighted by Crippen LogP contribution is -2.56. The molecule has 1 aliphatic rings. The minimum atomic E-state index is -0.432. The van der Waals surface area contributed by atoms with Gasteiger partial charge in [0.15, 0.2) is 0 Å². The Hall–Kier alpha value is -0.610. The molecule has 1 aliphatic heterocycles. The molecule has 14 heavy (non-hydrogen) atoms. The van der Waals surface area contributed by atoms with Gasteiger partial charge in [-0.05, 0) is 13.3 Å². The maximum absolute atomic E-state index is 11.5. The van der Waals surface area contributed by atoms with Crippen LogP contribution in [0.5, 0.6) is 0 Å². The first-order valence-electron chi connectivity index (χ1n) is 5.04. The molecule has 0 spiro atoms. The highest BCUT2D eigenvalue weighted by atomic mass is 16.5. The van der Waals surface area contributed by atoms with E-state index in [1.807, 2.05) is 0 Å². The van der Waals surface area contributed by atoms with Crippen LogP contribution in [0.2, 0.25) is 0 Å². The maximum atomic E-state index is 11.5. The van der Waals surface area contributed by atoms with Crippen LogP contribution >= 0.6 is 0 Å². The molecule has 0 aromatic carbocycles. The Kier molecular flexibility index (Phi) is 3.89. The van der Waals surface area contributed by atoms with Crippen LogP contribution in [0.4, 0.5) is 0 Å². The highest BCUT2D eigenvalue weighted by Crippen LogP contribution is 2.28. The summed E-state index contributed by atoms with van der Waals surface area (Å²) < 4.78 is 9.85. The summed E-state index contributed by atoms with van der Waals surface area (Å²) in [5.41, 5.74) is -0.432. The SMILES string of the molecule is CCC(C)NCC1(C(=O)OC)COC1. The number of ether oxygens (including phenoxy) is 2. The van der Waals surface area contributed by atoms with Crippen molar-refractivity contribution in [3.05, 3.63) is 0 Å². The molecular formula is C10H19NO3. The number of hydrogen-bond acceptors (Lipinski definition) is 4. The Morgan fingerprint density at radius 2 is 2.29 bits per heavy atom. The molecule has 1 rings (SSSR count). The second-order valence-corrected chi connectivity index (χ2v) is 3.95. The number of carbonyl (C=O) groups is 1. The third-order valence-electron chi connectivity index (χ3n) is 2.78. The van der Waals surface area contributed by atoms with Gasteiger partial charge in [0.2, 0.25) is 0 Å². The predicted octanol–water partition coefficient (Wildman–Crippen LogP) is 0.564. The third-order valence-corrected chi connectivity index (χ3v) is 2.78. The van der Waals surface area contributed by atoms with Crippen LogP contribution in [-0.4, -0.2) is 38.9 Å². The molecule has 82 valence electrons. The summed E-state index contributed by atoms with van der Waals surface area (Å²) >= 11 is 0. The number of methoxy groups -OCH3 is 1. The van der Waals surface area contributed by atoms with Crippen molar-refractivity contribution < 1.29 is 14.3 Å². The Balaban J connectivity index is 2.42. The molecule has 4 heteroatoms. The van der Waals surface area contributed by atoms with Gasteiger partial charge in [0.05, 0.1) is 20.3 Å². The first kappa shape index (κ1) is 11.5. The van der Waals surface area contributed by atoms with Crippen molar-refractivity contribution in [2.45, 2.75) is 26.3 Å². The summed E-state index contributed by atoms with van der Waals surface area (Å²) in [6, 6.07) is 0.428. The largest absolute Gasteiger partial charge is 0.468 e. The van der Waals surface area contributed by atoms with Crippen LogP contribution in [0.1, 0.15) is 20.3 Å². The van der Waals surface area contributed by atoms with Crippen molar-refractivity contribution in [2.24, 2.45) is 5.41 Å². The van der Waals surface area contributed by atoms with Crippen molar-refractivity contribution in [2.75, 3.05) is 26.9 Å². The van der Waals surface area contributed by atoms with E-state index in [9.17, 15) is 4.79 Å². The molecule has 0 saturated carbocycles. The van der Waals surface area contributed by atoms with Gasteiger partial charge in [-0.2, -0.15) is 0 Å². The Morgan fingerprint density at radius 3 is 2.64 bits per heavy atom. The minimum Gasteiger partial charge on any atom is -0.468 e.